The van der Waals surface area contributed by atoms with Gasteiger partial charge in [0.1, 0.15) is 5.75 Å². The minimum absolute atomic E-state index is 0.00738. The van der Waals surface area contributed by atoms with E-state index in [4.69, 9.17) is 10.5 Å². The van der Waals surface area contributed by atoms with E-state index in [-0.39, 0.29) is 22.8 Å². The first kappa shape index (κ1) is 15.7. The van der Waals surface area contributed by atoms with Gasteiger partial charge in [-0.3, -0.25) is 4.79 Å². The van der Waals surface area contributed by atoms with E-state index in [0.717, 1.165) is 6.42 Å². The van der Waals surface area contributed by atoms with Crippen LogP contribution >= 0.6 is 0 Å². The van der Waals surface area contributed by atoms with Crippen molar-refractivity contribution in [3.63, 3.8) is 0 Å². The monoisotopic (exact) mass is 314 g/mol. The van der Waals surface area contributed by atoms with Gasteiger partial charge in [0.05, 0.1) is 29.7 Å². The highest BCUT2D eigenvalue weighted by Gasteiger charge is 2.40. The largest absolute Gasteiger partial charge is 0.496 e. The number of nitrogens with two attached hydrogens (primary N) is 1. The molecule has 8 heteroatoms. The summed E-state index contributed by atoms with van der Waals surface area (Å²) in [5.74, 6) is -0.564. The van der Waals surface area contributed by atoms with Gasteiger partial charge in [-0.05, 0) is 37.5 Å². The standard InChI is InChI=1S/C13H18N2O5S/c1-20-11-4-3-9(7-10(11)12(14)17)21(18,19)15-13(8-16)5-2-6-13/h3-4,7,15-16H,2,5-6,8H2,1H3,(H2,14,17). The van der Waals surface area contributed by atoms with Crippen molar-refractivity contribution in [3.8, 4) is 5.75 Å². The number of ether oxygens (including phenoxy) is 1. The molecule has 21 heavy (non-hydrogen) atoms. The fourth-order valence-corrected chi connectivity index (χ4v) is 3.76. The lowest BCUT2D eigenvalue weighted by molar-refractivity contribution is 0.0997. The zero-order chi connectivity index (χ0) is 15.7. The quantitative estimate of drug-likeness (QED) is 0.682. The van der Waals surface area contributed by atoms with E-state index >= 15 is 0 Å². The van der Waals surface area contributed by atoms with Crippen molar-refractivity contribution in [2.45, 2.75) is 29.7 Å². The van der Waals surface area contributed by atoms with Gasteiger partial charge < -0.3 is 15.6 Å². The molecule has 4 N–H and O–H groups in total. The zero-order valence-corrected chi connectivity index (χ0v) is 12.4. The van der Waals surface area contributed by atoms with Crippen molar-refractivity contribution in [2.75, 3.05) is 13.7 Å². The van der Waals surface area contributed by atoms with E-state index in [1.807, 2.05) is 0 Å². The third kappa shape index (κ3) is 3.02. The lowest BCUT2D eigenvalue weighted by Crippen LogP contribution is -2.55. The molecule has 0 atom stereocenters. The molecule has 1 aromatic rings. The molecule has 1 aliphatic rings. The summed E-state index contributed by atoms with van der Waals surface area (Å²) in [5, 5.41) is 9.35. The molecule has 1 saturated carbocycles. The molecule has 1 amide bonds. The van der Waals surface area contributed by atoms with Crippen LogP contribution < -0.4 is 15.2 Å². The minimum atomic E-state index is -3.85. The second kappa shape index (κ2) is 5.63. The van der Waals surface area contributed by atoms with E-state index in [1.54, 1.807) is 0 Å². The summed E-state index contributed by atoms with van der Waals surface area (Å²) in [4.78, 5) is 11.3. The third-order valence-corrected chi connectivity index (χ3v) is 5.29. The summed E-state index contributed by atoms with van der Waals surface area (Å²) in [6, 6.07) is 3.88. The van der Waals surface area contributed by atoms with Gasteiger partial charge in [0.25, 0.3) is 5.91 Å². The fourth-order valence-electron chi connectivity index (χ4n) is 2.29. The van der Waals surface area contributed by atoms with Crippen molar-refractivity contribution in [1.29, 1.82) is 0 Å². The number of sulfonamides is 1. The molecule has 116 valence electrons. The number of carbonyl (C=O) groups excluding carboxylic acids is 1. The van der Waals surface area contributed by atoms with Crippen LogP contribution in [0.15, 0.2) is 23.1 Å². The maximum Gasteiger partial charge on any atom is 0.252 e. The SMILES string of the molecule is COc1ccc(S(=O)(=O)NC2(CO)CCC2)cc1C(N)=O. The van der Waals surface area contributed by atoms with Crippen LogP contribution in [0.2, 0.25) is 0 Å². The first-order valence-corrected chi connectivity index (χ1v) is 7.94. The van der Waals surface area contributed by atoms with Crippen molar-refractivity contribution in [1.82, 2.24) is 4.72 Å². The average molecular weight is 314 g/mol. The molecule has 0 spiro atoms. The van der Waals surface area contributed by atoms with Gasteiger partial charge in [0.2, 0.25) is 10.0 Å². The van der Waals surface area contributed by atoms with Gasteiger partial charge in [-0.2, -0.15) is 0 Å². The highest BCUT2D eigenvalue weighted by atomic mass is 32.2. The molecule has 1 fully saturated rings. The Balaban J connectivity index is 2.36. The van der Waals surface area contributed by atoms with Crippen LogP contribution in [0.1, 0.15) is 29.6 Å². The van der Waals surface area contributed by atoms with Crippen molar-refractivity contribution < 1.29 is 23.1 Å². The van der Waals surface area contributed by atoms with E-state index in [2.05, 4.69) is 4.72 Å². The zero-order valence-electron chi connectivity index (χ0n) is 11.6. The van der Waals surface area contributed by atoms with Gasteiger partial charge in [0.15, 0.2) is 0 Å². The molecule has 0 unspecified atom stereocenters. The van der Waals surface area contributed by atoms with Crippen molar-refractivity contribution >= 4 is 15.9 Å². The Bertz CT molecular complexity index is 647. The molecule has 1 aliphatic carbocycles. The van der Waals surface area contributed by atoms with Gasteiger partial charge in [0, 0.05) is 0 Å². The van der Waals surface area contributed by atoms with Gasteiger partial charge >= 0.3 is 0 Å². The number of benzene rings is 1. The number of hydrogen-bond acceptors (Lipinski definition) is 5. The molecule has 0 bridgehead atoms. The number of hydrogen-bond donors (Lipinski definition) is 3. The number of aliphatic hydroxyl groups excluding tert-OH is 1. The third-order valence-electron chi connectivity index (χ3n) is 3.71. The smallest absolute Gasteiger partial charge is 0.252 e. The van der Waals surface area contributed by atoms with Crippen LogP contribution in [0.4, 0.5) is 0 Å². The Morgan fingerprint density at radius 1 is 1.48 bits per heavy atom. The number of primary amides is 1. The number of methoxy groups -OCH3 is 1. The fraction of sp³-hybridized carbons (Fsp3) is 0.462. The molecule has 0 heterocycles. The van der Waals surface area contributed by atoms with Crippen molar-refractivity contribution in [2.24, 2.45) is 5.73 Å². The highest BCUT2D eigenvalue weighted by Crippen LogP contribution is 2.33. The summed E-state index contributed by atoms with van der Waals surface area (Å²) in [5.41, 5.74) is 4.41. The van der Waals surface area contributed by atoms with Gasteiger partial charge in [-0.1, -0.05) is 0 Å². The predicted octanol–water partition coefficient (Wildman–Crippen LogP) is -0.0126. The highest BCUT2D eigenvalue weighted by molar-refractivity contribution is 7.89. The maximum atomic E-state index is 12.4. The maximum absolute atomic E-state index is 12.4. The topological polar surface area (TPSA) is 119 Å². The Morgan fingerprint density at radius 2 is 2.14 bits per heavy atom. The molecule has 0 radical (unpaired) electrons. The van der Waals surface area contributed by atoms with Crippen LogP contribution in [0.3, 0.4) is 0 Å². The van der Waals surface area contributed by atoms with Crippen molar-refractivity contribution in [3.05, 3.63) is 23.8 Å². The van der Waals surface area contributed by atoms with Crippen LogP contribution in [-0.4, -0.2) is 38.7 Å². The molecule has 0 aliphatic heterocycles. The van der Waals surface area contributed by atoms with Gasteiger partial charge in [-0.15, -0.1) is 0 Å². The summed E-state index contributed by atoms with van der Waals surface area (Å²) < 4.78 is 32.2. The summed E-state index contributed by atoms with van der Waals surface area (Å²) in [7, 11) is -2.48. The van der Waals surface area contributed by atoms with Crippen LogP contribution in [0.5, 0.6) is 5.75 Å². The number of carbonyl (C=O) groups is 1. The molecule has 0 aromatic heterocycles. The lowest BCUT2D eigenvalue weighted by Gasteiger charge is -2.40. The summed E-state index contributed by atoms with van der Waals surface area (Å²) in [6.45, 7) is -0.259. The molecule has 0 saturated heterocycles. The first-order chi connectivity index (χ1) is 9.83. The average Bonchev–Trinajstić information content (AvgIpc) is 2.42. The number of nitrogens with one attached hydrogen (secondary N) is 1. The molecular formula is C13H18N2O5S. The lowest BCUT2D eigenvalue weighted by atomic mass is 9.78. The van der Waals surface area contributed by atoms with Crippen LogP contribution in [0, 0.1) is 0 Å². The Kier molecular flexibility index (Phi) is 4.22. The van der Waals surface area contributed by atoms with Crippen LogP contribution in [0.25, 0.3) is 0 Å². The minimum Gasteiger partial charge on any atom is -0.496 e. The predicted molar refractivity (Wildman–Crippen MR) is 75.5 cm³/mol. The van der Waals surface area contributed by atoms with E-state index < -0.39 is 21.5 Å². The van der Waals surface area contributed by atoms with E-state index in [1.165, 1.54) is 25.3 Å². The number of rotatable bonds is 6. The number of aliphatic hydroxyl groups is 1. The number of amides is 1. The van der Waals surface area contributed by atoms with Gasteiger partial charge in [-0.25, -0.2) is 13.1 Å². The molecule has 2 rings (SSSR count). The molecular weight excluding hydrogens is 296 g/mol. The Labute approximate surface area is 123 Å². The molecule has 7 nitrogen and oxygen atoms in total. The normalized spacial score (nSPS) is 17.0. The summed E-state index contributed by atoms with van der Waals surface area (Å²) >= 11 is 0. The van der Waals surface area contributed by atoms with Crippen LogP contribution in [-0.2, 0) is 10.0 Å². The second-order valence-electron chi connectivity index (χ2n) is 5.12. The Morgan fingerprint density at radius 3 is 2.57 bits per heavy atom. The second-order valence-corrected chi connectivity index (χ2v) is 6.81. The van der Waals surface area contributed by atoms with E-state index in [9.17, 15) is 18.3 Å². The molecule has 1 aromatic carbocycles. The first-order valence-electron chi connectivity index (χ1n) is 6.46. The Hall–Kier alpha value is -1.64. The summed E-state index contributed by atoms with van der Waals surface area (Å²) in [6.07, 6.45) is 2.03. The van der Waals surface area contributed by atoms with E-state index in [0.29, 0.717) is 12.8 Å².